The minimum atomic E-state index is -0.491. The van der Waals surface area contributed by atoms with Crippen LogP contribution in [-0.4, -0.2) is 62.0 Å². The second-order valence-corrected chi connectivity index (χ2v) is 6.18. The number of ether oxygens (including phenoxy) is 3. The highest BCUT2D eigenvalue weighted by molar-refractivity contribution is 5.84. The monoisotopic (exact) mass is 348 g/mol. The smallest absolute Gasteiger partial charge is 0.241 e. The molecule has 2 aliphatic rings. The van der Waals surface area contributed by atoms with Crippen LogP contribution in [0.15, 0.2) is 30.3 Å². The van der Waals surface area contributed by atoms with Crippen LogP contribution in [0.5, 0.6) is 5.75 Å². The van der Waals surface area contributed by atoms with Crippen molar-refractivity contribution in [1.29, 1.82) is 0 Å². The molecule has 1 N–H and O–H groups in total. The summed E-state index contributed by atoms with van der Waals surface area (Å²) in [7, 11) is 0. The van der Waals surface area contributed by atoms with E-state index in [0.717, 1.165) is 5.75 Å². The largest absolute Gasteiger partial charge is 0.493 e. The van der Waals surface area contributed by atoms with Crippen LogP contribution in [0.1, 0.15) is 19.3 Å². The van der Waals surface area contributed by atoms with Crippen molar-refractivity contribution in [2.75, 3.05) is 39.5 Å². The molecule has 2 amide bonds. The average Bonchev–Trinajstić information content (AvgIpc) is 3.09. The number of benzene rings is 1. The lowest BCUT2D eigenvalue weighted by Gasteiger charge is -2.37. The molecular formula is C18H24N2O5. The Morgan fingerprint density at radius 1 is 1.12 bits per heavy atom. The van der Waals surface area contributed by atoms with Crippen molar-refractivity contribution in [3.63, 3.8) is 0 Å². The molecule has 0 radical (unpaired) electrons. The molecule has 2 heterocycles. The highest BCUT2D eigenvalue weighted by Crippen LogP contribution is 2.31. The summed E-state index contributed by atoms with van der Waals surface area (Å²) in [5.74, 6) is -0.0372. The number of carbonyl (C=O) groups is 2. The summed E-state index contributed by atoms with van der Waals surface area (Å²) >= 11 is 0. The lowest BCUT2D eigenvalue weighted by molar-refractivity contribution is -0.187. The van der Waals surface area contributed by atoms with Crippen molar-refractivity contribution < 1.29 is 23.8 Å². The molecule has 1 aromatic rings. The summed E-state index contributed by atoms with van der Waals surface area (Å²) < 4.78 is 16.8. The first-order valence-electron chi connectivity index (χ1n) is 8.67. The summed E-state index contributed by atoms with van der Waals surface area (Å²) in [4.78, 5) is 25.8. The minimum Gasteiger partial charge on any atom is -0.493 e. The van der Waals surface area contributed by atoms with Crippen molar-refractivity contribution in [3.05, 3.63) is 30.3 Å². The fourth-order valence-electron chi connectivity index (χ4n) is 3.04. The molecule has 0 aromatic heterocycles. The van der Waals surface area contributed by atoms with Crippen molar-refractivity contribution in [2.45, 2.75) is 25.0 Å². The predicted molar refractivity (Wildman–Crippen MR) is 90.0 cm³/mol. The Hall–Kier alpha value is -2.12. The maximum atomic E-state index is 12.2. The van der Waals surface area contributed by atoms with Crippen molar-refractivity contribution in [1.82, 2.24) is 10.2 Å². The molecule has 0 unspecified atom stereocenters. The van der Waals surface area contributed by atoms with Crippen LogP contribution >= 0.6 is 0 Å². The molecule has 0 aliphatic carbocycles. The second-order valence-electron chi connectivity index (χ2n) is 6.18. The van der Waals surface area contributed by atoms with Crippen molar-refractivity contribution in [2.24, 2.45) is 0 Å². The SMILES string of the molecule is O=C(CCOc1ccccc1)NCC(=O)N1CCC2(CC1)OCCO2. The van der Waals surface area contributed by atoms with E-state index in [4.69, 9.17) is 14.2 Å². The van der Waals surface area contributed by atoms with Gasteiger partial charge in [0.2, 0.25) is 11.8 Å². The molecule has 136 valence electrons. The predicted octanol–water partition coefficient (Wildman–Crippen LogP) is 0.937. The molecule has 0 atom stereocenters. The van der Waals surface area contributed by atoms with Gasteiger partial charge in [0.05, 0.1) is 32.8 Å². The summed E-state index contributed by atoms with van der Waals surface area (Å²) in [5, 5.41) is 2.65. The quantitative estimate of drug-likeness (QED) is 0.828. The Balaban J connectivity index is 1.31. The molecule has 0 saturated carbocycles. The van der Waals surface area contributed by atoms with Gasteiger partial charge in [0.1, 0.15) is 5.75 Å². The lowest BCUT2D eigenvalue weighted by Crippen LogP contribution is -2.49. The summed E-state index contributed by atoms with van der Waals surface area (Å²) in [6, 6.07) is 9.32. The van der Waals surface area contributed by atoms with Gasteiger partial charge < -0.3 is 24.4 Å². The molecule has 7 nitrogen and oxygen atoms in total. The van der Waals surface area contributed by atoms with Gasteiger partial charge in [-0.3, -0.25) is 9.59 Å². The number of nitrogens with one attached hydrogen (secondary N) is 1. The van der Waals surface area contributed by atoms with E-state index in [9.17, 15) is 9.59 Å². The van der Waals surface area contributed by atoms with E-state index in [-0.39, 0.29) is 31.4 Å². The Kier molecular flexibility index (Phi) is 5.88. The van der Waals surface area contributed by atoms with E-state index in [1.807, 2.05) is 30.3 Å². The van der Waals surface area contributed by atoms with Gasteiger partial charge in [-0.25, -0.2) is 0 Å². The fraction of sp³-hybridized carbons (Fsp3) is 0.556. The van der Waals surface area contributed by atoms with E-state index in [1.54, 1.807) is 4.90 Å². The lowest BCUT2D eigenvalue weighted by atomic mass is 10.0. The fourth-order valence-corrected chi connectivity index (χ4v) is 3.04. The van der Waals surface area contributed by atoms with Gasteiger partial charge in [-0.05, 0) is 12.1 Å². The molecule has 0 bridgehead atoms. The molecule has 7 heteroatoms. The van der Waals surface area contributed by atoms with E-state index < -0.39 is 5.79 Å². The first kappa shape index (κ1) is 17.7. The van der Waals surface area contributed by atoms with Crippen LogP contribution in [0.25, 0.3) is 0 Å². The molecule has 3 rings (SSSR count). The molecule has 1 aromatic carbocycles. The van der Waals surface area contributed by atoms with Crippen LogP contribution in [0.3, 0.4) is 0 Å². The van der Waals surface area contributed by atoms with E-state index in [0.29, 0.717) is 39.1 Å². The molecule has 2 fully saturated rings. The van der Waals surface area contributed by atoms with Crippen LogP contribution in [0, 0.1) is 0 Å². The van der Waals surface area contributed by atoms with Gasteiger partial charge >= 0.3 is 0 Å². The van der Waals surface area contributed by atoms with Crippen LogP contribution < -0.4 is 10.1 Å². The number of carbonyl (C=O) groups excluding carboxylic acids is 2. The van der Waals surface area contributed by atoms with Gasteiger partial charge in [-0.15, -0.1) is 0 Å². The number of piperidine rings is 1. The second kappa shape index (κ2) is 8.31. The Labute approximate surface area is 147 Å². The Morgan fingerprint density at radius 3 is 2.48 bits per heavy atom. The zero-order valence-electron chi connectivity index (χ0n) is 14.2. The zero-order valence-corrected chi connectivity index (χ0v) is 14.2. The summed E-state index contributed by atoms with van der Waals surface area (Å²) in [5.41, 5.74) is 0. The average molecular weight is 348 g/mol. The first-order chi connectivity index (χ1) is 12.2. The highest BCUT2D eigenvalue weighted by atomic mass is 16.7. The number of nitrogens with zero attached hydrogens (tertiary/aromatic N) is 1. The maximum Gasteiger partial charge on any atom is 0.241 e. The van der Waals surface area contributed by atoms with Crippen molar-refractivity contribution >= 4 is 11.8 Å². The van der Waals surface area contributed by atoms with E-state index >= 15 is 0 Å². The minimum absolute atomic E-state index is 0.0128. The van der Waals surface area contributed by atoms with Gasteiger partial charge in [-0.1, -0.05) is 18.2 Å². The Bertz CT molecular complexity index is 576. The number of hydrogen-bond donors (Lipinski definition) is 1. The normalized spacial score (nSPS) is 19.0. The highest BCUT2D eigenvalue weighted by Gasteiger charge is 2.40. The zero-order chi connectivity index (χ0) is 17.5. The van der Waals surface area contributed by atoms with Gasteiger partial charge in [0.15, 0.2) is 5.79 Å². The maximum absolute atomic E-state index is 12.2. The summed E-state index contributed by atoms with van der Waals surface area (Å²) in [6.45, 7) is 2.71. The van der Waals surface area contributed by atoms with Gasteiger partial charge in [-0.2, -0.15) is 0 Å². The number of hydrogen-bond acceptors (Lipinski definition) is 5. The number of amides is 2. The van der Waals surface area contributed by atoms with E-state index in [1.165, 1.54) is 0 Å². The standard InChI is InChI=1S/C18H24N2O5/c21-16(6-11-23-15-4-2-1-3-5-15)19-14-17(22)20-9-7-18(8-10-20)24-12-13-25-18/h1-5H,6-14H2,(H,19,21). The molecule has 2 saturated heterocycles. The van der Waals surface area contributed by atoms with Crippen LogP contribution in [0.2, 0.25) is 0 Å². The van der Waals surface area contributed by atoms with Gasteiger partial charge in [0, 0.05) is 25.9 Å². The van der Waals surface area contributed by atoms with Gasteiger partial charge in [0.25, 0.3) is 0 Å². The van der Waals surface area contributed by atoms with Crippen molar-refractivity contribution in [3.8, 4) is 5.75 Å². The van der Waals surface area contributed by atoms with Crippen LogP contribution in [-0.2, 0) is 19.1 Å². The number of likely N-dealkylation sites (tertiary alicyclic amines) is 1. The number of rotatable bonds is 6. The first-order valence-corrected chi connectivity index (χ1v) is 8.67. The molecule has 25 heavy (non-hydrogen) atoms. The Morgan fingerprint density at radius 2 is 1.80 bits per heavy atom. The molecular weight excluding hydrogens is 324 g/mol. The molecule has 2 aliphatic heterocycles. The van der Waals surface area contributed by atoms with Crippen LogP contribution in [0.4, 0.5) is 0 Å². The van der Waals surface area contributed by atoms with E-state index in [2.05, 4.69) is 5.32 Å². The third-order valence-electron chi connectivity index (χ3n) is 4.47. The summed E-state index contributed by atoms with van der Waals surface area (Å²) in [6.07, 6.45) is 1.57. The number of para-hydroxylation sites is 1. The third kappa shape index (κ3) is 4.93. The third-order valence-corrected chi connectivity index (χ3v) is 4.47. The molecule has 1 spiro atoms. The topological polar surface area (TPSA) is 77.1 Å².